The smallest absolute Gasteiger partial charge is 0.227 e. The molecule has 0 aromatic heterocycles. The second kappa shape index (κ2) is 8.35. The van der Waals surface area contributed by atoms with Gasteiger partial charge in [0.1, 0.15) is 0 Å². The molecule has 2 amide bonds. The molecule has 2 unspecified atom stereocenters. The minimum absolute atomic E-state index is 0.00576. The Kier molecular flexibility index (Phi) is 5.91. The molecule has 1 saturated heterocycles. The Bertz CT molecular complexity index is 787. The number of aryl methyl sites for hydroxylation is 1. The third-order valence-electron chi connectivity index (χ3n) is 5.12. The van der Waals surface area contributed by atoms with Crippen molar-refractivity contribution in [1.82, 2.24) is 10.2 Å². The SMILES string of the molecule is Cc1ccc(N2CC(C(=O)NCC(c3ccccc3)N(C)C)CC2=O)cc1. The van der Waals surface area contributed by atoms with E-state index in [1.807, 2.05) is 63.5 Å². The van der Waals surface area contributed by atoms with Gasteiger partial charge >= 0.3 is 0 Å². The highest BCUT2D eigenvalue weighted by Crippen LogP contribution is 2.26. The lowest BCUT2D eigenvalue weighted by molar-refractivity contribution is -0.126. The number of hydrogen-bond donors (Lipinski definition) is 1. The van der Waals surface area contributed by atoms with Crippen molar-refractivity contribution in [3.8, 4) is 0 Å². The van der Waals surface area contributed by atoms with Gasteiger partial charge in [0.05, 0.1) is 12.0 Å². The molecule has 0 spiro atoms. The average Bonchev–Trinajstić information content (AvgIpc) is 3.05. The van der Waals surface area contributed by atoms with E-state index in [1.165, 1.54) is 0 Å². The molecule has 5 nitrogen and oxygen atoms in total. The van der Waals surface area contributed by atoms with Gasteiger partial charge in [-0.15, -0.1) is 0 Å². The van der Waals surface area contributed by atoms with Crippen LogP contribution >= 0.6 is 0 Å². The summed E-state index contributed by atoms with van der Waals surface area (Å²) in [6.45, 7) is 2.97. The van der Waals surface area contributed by atoms with Gasteiger partial charge in [0.15, 0.2) is 0 Å². The van der Waals surface area contributed by atoms with Gasteiger partial charge in [-0.2, -0.15) is 0 Å². The van der Waals surface area contributed by atoms with Crippen molar-refractivity contribution in [3.05, 3.63) is 65.7 Å². The highest BCUT2D eigenvalue weighted by molar-refractivity contribution is 6.00. The molecule has 1 aliphatic heterocycles. The molecule has 0 saturated carbocycles. The van der Waals surface area contributed by atoms with Crippen molar-refractivity contribution in [3.63, 3.8) is 0 Å². The molecule has 2 aromatic carbocycles. The first-order valence-corrected chi connectivity index (χ1v) is 9.32. The molecule has 5 heteroatoms. The summed E-state index contributed by atoms with van der Waals surface area (Å²) in [4.78, 5) is 28.9. The Morgan fingerprint density at radius 2 is 1.81 bits per heavy atom. The van der Waals surface area contributed by atoms with E-state index in [9.17, 15) is 9.59 Å². The Morgan fingerprint density at radius 1 is 1.15 bits per heavy atom. The number of nitrogens with zero attached hydrogens (tertiary/aromatic N) is 2. The zero-order valence-corrected chi connectivity index (χ0v) is 16.2. The molecule has 142 valence electrons. The van der Waals surface area contributed by atoms with E-state index < -0.39 is 0 Å². The van der Waals surface area contributed by atoms with Crippen molar-refractivity contribution in [2.24, 2.45) is 5.92 Å². The molecule has 3 rings (SSSR count). The molecule has 2 atom stereocenters. The van der Waals surface area contributed by atoms with Crippen molar-refractivity contribution in [1.29, 1.82) is 0 Å². The van der Waals surface area contributed by atoms with Crippen LogP contribution in [0.25, 0.3) is 0 Å². The number of benzene rings is 2. The summed E-state index contributed by atoms with van der Waals surface area (Å²) in [5.41, 5.74) is 3.17. The van der Waals surface area contributed by atoms with Gasteiger partial charge in [-0.3, -0.25) is 9.59 Å². The highest BCUT2D eigenvalue weighted by Gasteiger charge is 2.35. The first kappa shape index (κ1) is 19.1. The van der Waals surface area contributed by atoms with Crippen molar-refractivity contribution in [2.45, 2.75) is 19.4 Å². The lowest BCUT2D eigenvalue weighted by Crippen LogP contribution is -2.38. The molecule has 1 heterocycles. The van der Waals surface area contributed by atoms with Crippen molar-refractivity contribution >= 4 is 17.5 Å². The minimum Gasteiger partial charge on any atom is -0.354 e. The van der Waals surface area contributed by atoms with Crippen LogP contribution in [0.5, 0.6) is 0 Å². The maximum absolute atomic E-state index is 12.7. The molecule has 2 aromatic rings. The number of hydrogen-bond acceptors (Lipinski definition) is 3. The maximum atomic E-state index is 12.7. The Morgan fingerprint density at radius 3 is 2.44 bits per heavy atom. The lowest BCUT2D eigenvalue weighted by Gasteiger charge is -2.25. The number of carbonyl (C=O) groups excluding carboxylic acids is 2. The van der Waals surface area contributed by atoms with E-state index in [2.05, 4.69) is 22.3 Å². The first-order valence-electron chi connectivity index (χ1n) is 9.32. The predicted octanol–water partition coefficient (Wildman–Crippen LogP) is 2.77. The van der Waals surface area contributed by atoms with E-state index in [1.54, 1.807) is 4.90 Å². The van der Waals surface area contributed by atoms with Crippen LogP contribution < -0.4 is 10.2 Å². The van der Waals surface area contributed by atoms with Crippen molar-refractivity contribution < 1.29 is 9.59 Å². The first-order chi connectivity index (χ1) is 13.0. The molecule has 1 fully saturated rings. The number of anilines is 1. The van der Waals surface area contributed by atoms with E-state index in [4.69, 9.17) is 0 Å². The lowest BCUT2D eigenvalue weighted by atomic mass is 10.0. The van der Waals surface area contributed by atoms with Crippen LogP contribution in [0.4, 0.5) is 5.69 Å². The minimum atomic E-state index is -0.308. The molecule has 0 bridgehead atoms. The molecule has 27 heavy (non-hydrogen) atoms. The van der Waals surface area contributed by atoms with Crippen LogP contribution in [0.15, 0.2) is 54.6 Å². The summed E-state index contributed by atoms with van der Waals surface area (Å²) in [6.07, 6.45) is 0.262. The van der Waals surface area contributed by atoms with Gasteiger partial charge in [0.25, 0.3) is 0 Å². The van der Waals surface area contributed by atoms with Crippen LogP contribution in [0.1, 0.15) is 23.6 Å². The second-order valence-corrected chi connectivity index (χ2v) is 7.38. The van der Waals surface area contributed by atoms with Gasteiger partial charge in [0.2, 0.25) is 11.8 Å². The summed E-state index contributed by atoms with van der Waals surface area (Å²) in [7, 11) is 4.00. The fourth-order valence-corrected chi connectivity index (χ4v) is 3.47. The number of rotatable bonds is 6. The second-order valence-electron chi connectivity index (χ2n) is 7.38. The fraction of sp³-hybridized carbons (Fsp3) is 0.364. The molecular weight excluding hydrogens is 338 g/mol. The normalized spacial score (nSPS) is 18.0. The van der Waals surface area contributed by atoms with Gasteiger partial charge in [-0.25, -0.2) is 0 Å². The summed E-state index contributed by atoms with van der Waals surface area (Å²) in [5, 5.41) is 3.05. The van der Waals surface area contributed by atoms with E-state index in [0.29, 0.717) is 13.1 Å². The number of carbonyl (C=O) groups is 2. The zero-order valence-electron chi connectivity index (χ0n) is 16.2. The molecular formula is C22H27N3O2. The predicted molar refractivity (Wildman–Crippen MR) is 108 cm³/mol. The van der Waals surface area contributed by atoms with Gasteiger partial charge in [-0.05, 0) is 38.7 Å². The summed E-state index contributed by atoms with van der Waals surface area (Å²) >= 11 is 0. The van der Waals surface area contributed by atoms with Gasteiger partial charge in [0, 0.05) is 25.2 Å². The topological polar surface area (TPSA) is 52.7 Å². The Labute approximate surface area is 161 Å². The average molecular weight is 365 g/mol. The summed E-state index contributed by atoms with van der Waals surface area (Å²) < 4.78 is 0. The van der Waals surface area contributed by atoms with Crippen LogP contribution in [-0.2, 0) is 9.59 Å². The fourth-order valence-electron chi connectivity index (χ4n) is 3.47. The van der Waals surface area contributed by atoms with E-state index >= 15 is 0 Å². The van der Waals surface area contributed by atoms with Gasteiger partial charge in [-0.1, -0.05) is 48.0 Å². The monoisotopic (exact) mass is 365 g/mol. The standard InChI is InChI=1S/C22H27N3O2/c1-16-9-11-19(12-10-16)25-15-18(13-21(25)26)22(27)23-14-20(24(2)3)17-7-5-4-6-8-17/h4-12,18,20H,13-15H2,1-3H3,(H,23,27). The quantitative estimate of drug-likeness (QED) is 0.856. The largest absolute Gasteiger partial charge is 0.354 e. The molecule has 0 radical (unpaired) electrons. The summed E-state index contributed by atoms with van der Waals surface area (Å²) in [5.74, 6) is -0.357. The van der Waals surface area contributed by atoms with Crippen LogP contribution in [0.2, 0.25) is 0 Å². The Balaban J connectivity index is 1.61. The number of amides is 2. The molecule has 1 N–H and O–H groups in total. The van der Waals surface area contributed by atoms with Crippen LogP contribution in [0, 0.1) is 12.8 Å². The zero-order chi connectivity index (χ0) is 19.4. The molecule has 0 aliphatic carbocycles. The number of likely N-dealkylation sites (N-methyl/N-ethyl adjacent to an activating group) is 1. The van der Waals surface area contributed by atoms with Crippen LogP contribution in [0.3, 0.4) is 0 Å². The molecule has 1 aliphatic rings. The van der Waals surface area contributed by atoms with Gasteiger partial charge < -0.3 is 15.1 Å². The third-order valence-corrected chi connectivity index (χ3v) is 5.12. The Hall–Kier alpha value is -2.66. The highest BCUT2D eigenvalue weighted by atomic mass is 16.2. The van der Waals surface area contributed by atoms with Crippen molar-refractivity contribution in [2.75, 3.05) is 32.1 Å². The summed E-state index contributed by atoms with van der Waals surface area (Å²) in [6, 6.07) is 18.1. The number of nitrogens with one attached hydrogen (secondary N) is 1. The van der Waals surface area contributed by atoms with E-state index in [-0.39, 0.29) is 30.2 Å². The van der Waals surface area contributed by atoms with E-state index in [0.717, 1.165) is 16.8 Å². The third kappa shape index (κ3) is 4.55. The van der Waals surface area contributed by atoms with Crippen LogP contribution in [-0.4, -0.2) is 43.9 Å². The maximum Gasteiger partial charge on any atom is 0.227 e.